The number of nitrogens with zero attached hydrogens (tertiary/aromatic N) is 1. The number of hydrogen-bond acceptors (Lipinski definition) is 5. The second-order valence-corrected chi connectivity index (χ2v) is 6.61. The summed E-state index contributed by atoms with van der Waals surface area (Å²) in [6.07, 6.45) is -0.852. The van der Waals surface area contributed by atoms with Crippen LogP contribution in [0, 0.1) is 5.92 Å². The van der Waals surface area contributed by atoms with Crippen LogP contribution in [-0.2, 0) is 0 Å². The minimum absolute atomic E-state index is 0.00595. The lowest BCUT2D eigenvalue weighted by Crippen LogP contribution is -2.30. The Kier molecular flexibility index (Phi) is 4.24. The van der Waals surface area contributed by atoms with Gasteiger partial charge in [0.2, 0.25) is 0 Å². The third kappa shape index (κ3) is 3.22. The molecule has 0 bridgehead atoms. The molecule has 2 rings (SSSR count). The number of Topliss-reactive ketones (excluding diaryl/α,β-unsaturated/α-hetero) is 1. The minimum Gasteiger partial charge on any atom is -0.396 e. The fraction of sp³-hybridized carbons (Fsp3) is 0.583. The molecule has 0 atom stereocenters. The topological polar surface area (TPSA) is 46.3 Å². The SMILES string of the molecule is CSc1c(N(C)CC(F)(F)F)sc(C(=O)C2CC2)c1N. The van der Waals surface area contributed by atoms with E-state index < -0.39 is 12.7 Å². The normalized spacial score (nSPS) is 15.4. The van der Waals surface area contributed by atoms with Crippen molar-refractivity contribution in [2.75, 3.05) is 30.5 Å². The molecular weight excluding hydrogens is 309 g/mol. The van der Waals surface area contributed by atoms with E-state index in [2.05, 4.69) is 0 Å². The highest BCUT2D eigenvalue weighted by Crippen LogP contribution is 2.46. The summed E-state index contributed by atoms with van der Waals surface area (Å²) in [5, 5.41) is 0.413. The third-order valence-corrected chi connectivity index (χ3v) is 5.31. The molecule has 0 amide bonds. The average Bonchev–Trinajstić information content (AvgIpc) is 3.10. The van der Waals surface area contributed by atoms with E-state index in [0.717, 1.165) is 29.1 Å². The number of nitrogens with two attached hydrogens (primary N) is 1. The van der Waals surface area contributed by atoms with Gasteiger partial charge >= 0.3 is 6.18 Å². The number of thioether (sulfide) groups is 1. The van der Waals surface area contributed by atoms with E-state index in [9.17, 15) is 18.0 Å². The number of alkyl halides is 3. The van der Waals surface area contributed by atoms with E-state index in [0.29, 0.717) is 20.5 Å². The summed E-state index contributed by atoms with van der Waals surface area (Å²) < 4.78 is 37.5. The molecule has 0 aliphatic heterocycles. The van der Waals surface area contributed by atoms with Crippen molar-refractivity contribution >= 4 is 39.6 Å². The maximum Gasteiger partial charge on any atom is 0.405 e. The van der Waals surface area contributed by atoms with E-state index in [1.54, 1.807) is 6.26 Å². The Hall–Kier alpha value is -0.890. The van der Waals surface area contributed by atoms with Gasteiger partial charge in [-0.2, -0.15) is 13.2 Å². The van der Waals surface area contributed by atoms with Gasteiger partial charge in [-0.05, 0) is 19.1 Å². The van der Waals surface area contributed by atoms with E-state index in [1.165, 1.54) is 18.8 Å². The maximum absolute atomic E-state index is 12.5. The van der Waals surface area contributed by atoms with Crippen LogP contribution in [0.25, 0.3) is 0 Å². The van der Waals surface area contributed by atoms with Gasteiger partial charge in [0.15, 0.2) is 5.78 Å². The van der Waals surface area contributed by atoms with Crippen LogP contribution in [0.15, 0.2) is 4.90 Å². The summed E-state index contributed by atoms with van der Waals surface area (Å²) in [6.45, 7) is -1.06. The summed E-state index contributed by atoms with van der Waals surface area (Å²) in [7, 11) is 1.36. The van der Waals surface area contributed by atoms with Crippen LogP contribution in [0.4, 0.5) is 23.9 Å². The number of anilines is 2. The Morgan fingerprint density at radius 3 is 2.55 bits per heavy atom. The first-order valence-corrected chi connectivity index (χ1v) is 8.07. The fourth-order valence-corrected chi connectivity index (χ4v) is 4.11. The predicted molar refractivity (Wildman–Crippen MR) is 76.9 cm³/mol. The molecule has 1 aliphatic carbocycles. The van der Waals surface area contributed by atoms with Crippen molar-refractivity contribution in [2.45, 2.75) is 23.9 Å². The Bertz CT molecular complexity index is 524. The molecule has 0 unspecified atom stereocenters. The number of carbonyl (C=O) groups excluding carboxylic acids is 1. The first-order valence-electron chi connectivity index (χ1n) is 6.03. The van der Waals surface area contributed by atoms with Crippen LogP contribution in [0.5, 0.6) is 0 Å². The summed E-state index contributed by atoms with van der Waals surface area (Å²) in [5.74, 6) is -0.0270. The van der Waals surface area contributed by atoms with Crippen molar-refractivity contribution in [3.05, 3.63) is 4.88 Å². The number of hydrogen-bond donors (Lipinski definition) is 1. The van der Waals surface area contributed by atoms with Gasteiger partial charge in [-0.25, -0.2) is 0 Å². The number of thiophene rings is 1. The fourth-order valence-electron chi connectivity index (χ4n) is 1.92. The van der Waals surface area contributed by atoms with Gasteiger partial charge in [-0.1, -0.05) is 0 Å². The number of ketones is 1. The molecule has 1 aromatic rings. The number of nitrogen functional groups attached to an aromatic ring is 1. The molecular formula is C12H15F3N2OS2. The molecule has 1 fully saturated rings. The van der Waals surface area contributed by atoms with E-state index in [1.807, 2.05) is 0 Å². The maximum atomic E-state index is 12.5. The second kappa shape index (κ2) is 5.48. The van der Waals surface area contributed by atoms with Gasteiger partial charge < -0.3 is 10.6 Å². The highest BCUT2D eigenvalue weighted by atomic mass is 32.2. The molecule has 0 aromatic carbocycles. The minimum atomic E-state index is -4.29. The van der Waals surface area contributed by atoms with Gasteiger partial charge in [0.25, 0.3) is 0 Å². The lowest BCUT2D eigenvalue weighted by atomic mass is 10.2. The molecule has 1 aliphatic rings. The molecule has 0 saturated heterocycles. The van der Waals surface area contributed by atoms with Crippen molar-refractivity contribution in [2.24, 2.45) is 5.92 Å². The Morgan fingerprint density at radius 1 is 1.50 bits per heavy atom. The van der Waals surface area contributed by atoms with Crippen LogP contribution in [0.2, 0.25) is 0 Å². The smallest absolute Gasteiger partial charge is 0.396 e. The van der Waals surface area contributed by atoms with Crippen molar-refractivity contribution < 1.29 is 18.0 Å². The lowest BCUT2D eigenvalue weighted by molar-refractivity contribution is -0.119. The van der Waals surface area contributed by atoms with Gasteiger partial charge in [0, 0.05) is 13.0 Å². The molecule has 20 heavy (non-hydrogen) atoms. The molecule has 3 nitrogen and oxygen atoms in total. The third-order valence-electron chi connectivity index (χ3n) is 3.02. The van der Waals surface area contributed by atoms with Crippen molar-refractivity contribution in [3.63, 3.8) is 0 Å². The quantitative estimate of drug-likeness (QED) is 0.663. The number of carbonyl (C=O) groups is 1. The zero-order valence-electron chi connectivity index (χ0n) is 11.1. The van der Waals surface area contributed by atoms with Crippen molar-refractivity contribution in [1.82, 2.24) is 0 Å². The monoisotopic (exact) mass is 324 g/mol. The van der Waals surface area contributed by atoms with Crippen LogP contribution in [0.1, 0.15) is 22.5 Å². The second-order valence-electron chi connectivity index (χ2n) is 4.79. The van der Waals surface area contributed by atoms with Gasteiger partial charge in [-0.15, -0.1) is 23.1 Å². The van der Waals surface area contributed by atoms with Crippen LogP contribution in [-0.4, -0.2) is 31.8 Å². The Balaban J connectivity index is 2.32. The molecule has 0 radical (unpaired) electrons. The summed E-state index contributed by atoms with van der Waals surface area (Å²) in [6, 6.07) is 0. The molecule has 8 heteroatoms. The summed E-state index contributed by atoms with van der Waals surface area (Å²) >= 11 is 2.34. The van der Waals surface area contributed by atoms with Gasteiger partial charge in [-0.3, -0.25) is 4.79 Å². The summed E-state index contributed by atoms with van der Waals surface area (Å²) in [5.41, 5.74) is 6.27. The van der Waals surface area contributed by atoms with Crippen LogP contribution >= 0.6 is 23.1 Å². The zero-order chi connectivity index (χ0) is 15.1. The first kappa shape index (κ1) is 15.5. The summed E-state index contributed by atoms with van der Waals surface area (Å²) in [4.78, 5) is 14.2. The van der Waals surface area contributed by atoms with Gasteiger partial charge in [0.1, 0.15) is 11.5 Å². The van der Waals surface area contributed by atoms with E-state index in [4.69, 9.17) is 5.73 Å². The molecule has 1 heterocycles. The molecule has 112 valence electrons. The predicted octanol–water partition coefficient (Wildman–Crippen LogP) is 3.64. The number of rotatable bonds is 5. The highest BCUT2D eigenvalue weighted by Gasteiger charge is 2.36. The van der Waals surface area contributed by atoms with Crippen LogP contribution in [0.3, 0.4) is 0 Å². The Labute approximate surface area is 123 Å². The molecule has 2 N–H and O–H groups in total. The van der Waals surface area contributed by atoms with Crippen LogP contribution < -0.4 is 10.6 Å². The van der Waals surface area contributed by atoms with Crippen molar-refractivity contribution in [3.8, 4) is 0 Å². The van der Waals surface area contributed by atoms with E-state index in [-0.39, 0.29) is 11.7 Å². The zero-order valence-corrected chi connectivity index (χ0v) is 12.7. The Morgan fingerprint density at radius 2 is 2.10 bits per heavy atom. The standard InChI is InChI=1S/C12H15F3N2OS2/c1-17(5-12(13,14)15)11-10(19-2)7(16)9(20-11)8(18)6-3-4-6/h6H,3-5,16H2,1-2H3. The molecule has 1 saturated carbocycles. The van der Waals surface area contributed by atoms with E-state index >= 15 is 0 Å². The van der Waals surface area contributed by atoms with Crippen molar-refractivity contribution in [1.29, 1.82) is 0 Å². The number of halogens is 3. The average molecular weight is 324 g/mol. The highest BCUT2D eigenvalue weighted by molar-refractivity contribution is 7.99. The molecule has 1 aromatic heterocycles. The molecule has 0 spiro atoms. The van der Waals surface area contributed by atoms with Gasteiger partial charge in [0.05, 0.1) is 15.5 Å². The lowest BCUT2D eigenvalue weighted by Gasteiger charge is -2.20. The first-order chi connectivity index (χ1) is 9.24. The largest absolute Gasteiger partial charge is 0.405 e.